The first-order valence-electron chi connectivity index (χ1n) is 6.45. The zero-order chi connectivity index (χ0) is 15.0. The van der Waals surface area contributed by atoms with E-state index >= 15 is 0 Å². The Hall–Kier alpha value is -2.82. The van der Waals surface area contributed by atoms with Crippen LogP contribution < -0.4 is 4.74 Å². The minimum Gasteiger partial charge on any atom is -0.497 e. The Kier molecular flexibility index (Phi) is 3.10. The summed E-state index contributed by atoms with van der Waals surface area (Å²) in [6, 6.07) is 13.2. The van der Waals surface area contributed by atoms with Crippen LogP contribution in [0.3, 0.4) is 0 Å². The lowest BCUT2D eigenvalue weighted by Gasteiger charge is -2.05. The number of fused-ring (bicyclic) bond motifs is 1. The highest BCUT2D eigenvalue weighted by Gasteiger charge is 2.18. The number of carbonyl (C=O) groups is 1. The van der Waals surface area contributed by atoms with Gasteiger partial charge in [-0.15, -0.1) is 0 Å². The molecule has 21 heavy (non-hydrogen) atoms. The normalized spacial score (nSPS) is 10.8. The fourth-order valence-electron chi connectivity index (χ4n) is 2.49. The smallest absolute Gasteiger partial charge is 0.354 e. The molecule has 0 radical (unpaired) electrons. The van der Waals surface area contributed by atoms with E-state index < -0.39 is 5.97 Å². The van der Waals surface area contributed by atoms with Crippen molar-refractivity contribution >= 4 is 16.9 Å². The number of methoxy groups -OCH3 is 1. The summed E-state index contributed by atoms with van der Waals surface area (Å²) in [5.41, 5.74) is 2.69. The van der Waals surface area contributed by atoms with Gasteiger partial charge in [-0.1, -0.05) is 30.3 Å². The van der Waals surface area contributed by atoms with Crippen LogP contribution in [0.5, 0.6) is 5.75 Å². The van der Waals surface area contributed by atoms with Gasteiger partial charge in [0, 0.05) is 18.0 Å². The van der Waals surface area contributed by atoms with E-state index in [1.807, 2.05) is 36.4 Å². The molecule has 0 aliphatic carbocycles. The summed E-state index contributed by atoms with van der Waals surface area (Å²) in [5.74, 6) is -0.235. The number of nitrogens with zero attached hydrogens (tertiary/aromatic N) is 2. The third kappa shape index (κ3) is 2.12. The molecule has 0 saturated heterocycles. The van der Waals surface area contributed by atoms with E-state index in [0.717, 1.165) is 16.9 Å². The number of hydrogen-bond acceptors (Lipinski definition) is 3. The Labute approximate surface area is 121 Å². The summed E-state index contributed by atoms with van der Waals surface area (Å²) in [6.45, 7) is 0. The predicted octanol–water partition coefficient (Wildman–Crippen LogP) is 2.95. The SMILES string of the molecule is COc1cccc(-c2cccc3c(C(=O)O)n(C)nc23)c1. The maximum absolute atomic E-state index is 11.4. The van der Waals surface area contributed by atoms with Gasteiger partial charge in [0.1, 0.15) is 11.3 Å². The lowest BCUT2D eigenvalue weighted by atomic mass is 10.0. The van der Waals surface area contributed by atoms with Crippen molar-refractivity contribution in [3.63, 3.8) is 0 Å². The molecule has 0 bridgehead atoms. The van der Waals surface area contributed by atoms with Crippen molar-refractivity contribution in [1.82, 2.24) is 9.78 Å². The number of benzene rings is 2. The summed E-state index contributed by atoms with van der Waals surface area (Å²) in [6.07, 6.45) is 0. The van der Waals surface area contributed by atoms with Crippen molar-refractivity contribution in [2.45, 2.75) is 0 Å². The number of aryl methyl sites for hydroxylation is 1. The molecule has 106 valence electrons. The average Bonchev–Trinajstić information content (AvgIpc) is 2.83. The number of aromatic nitrogens is 2. The van der Waals surface area contributed by atoms with Crippen LogP contribution in [0.1, 0.15) is 10.5 Å². The third-order valence-electron chi connectivity index (χ3n) is 3.45. The third-order valence-corrected chi connectivity index (χ3v) is 3.45. The number of aromatic carboxylic acids is 1. The van der Waals surface area contributed by atoms with E-state index in [9.17, 15) is 9.90 Å². The highest BCUT2D eigenvalue weighted by Crippen LogP contribution is 2.31. The van der Waals surface area contributed by atoms with Crippen LogP contribution in [-0.4, -0.2) is 28.0 Å². The highest BCUT2D eigenvalue weighted by atomic mass is 16.5. The quantitative estimate of drug-likeness (QED) is 0.802. The molecule has 1 heterocycles. The van der Waals surface area contributed by atoms with Gasteiger partial charge in [-0.25, -0.2) is 4.79 Å². The van der Waals surface area contributed by atoms with Crippen LogP contribution >= 0.6 is 0 Å². The topological polar surface area (TPSA) is 64.3 Å². The average molecular weight is 282 g/mol. The van der Waals surface area contributed by atoms with Gasteiger partial charge in [0.05, 0.1) is 7.11 Å². The predicted molar refractivity (Wildman–Crippen MR) is 79.7 cm³/mol. The number of ether oxygens (including phenoxy) is 1. The molecule has 0 unspecified atom stereocenters. The zero-order valence-corrected chi connectivity index (χ0v) is 11.7. The second-order valence-corrected chi connectivity index (χ2v) is 4.71. The van der Waals surface area contributed by atoms with Crippen molar-refractivity contribution < 1.29 is 14.6 Å². The van der Waals surface area contributed by atoms with Gasteiger partial charge in [0.15, 0.2) is 5.69 Å². The number of hydrogen-bond donors (Lipinski definition) is 1. The summed E-state index contributed by atoms with van der Waals surface area (Å²) in [5, 5.41) is 14.3. The number of carboxylic acid groups (broad SMARTS) is 1. The Balaban J connectivity index is 2.28. The molecule has 1 N–H and O–H groups in total. The van der Waals surface area contributed by atoms with Crippen molar-refractivity contribution in [2.75, 3.05) is 7.11 Å². The molecule has 0 atom stereocenters. The lowest BCUT2D eigenvalue weighted by Crippen LogP contribution is -2.05. The molecule has 0 saturated carbocycles. The zero-order valence-electron chi connectivity index (χ0n) is 11.7. The van der Waals surface area contributed by atoms with E-state index in [-0.39, 0.29) is 5.69 Å². The van der Waals surface area contributed by atoms with Gasteiger partial charge in [-0.05, 0) is 17.7 Å². The largest absolute Gasteiger partial charge is 0.497 e. The van der Waals surface area contributed by atoms with E-state index in [2.05, 4.69) is 5.10 Å². The van der Waals surface area contributed by atoms with Gasteiger partial charge in [-0.2, -0.15) is 5.10 Å². The van der Waals surface area contributed by atoms with E-state index in [0.29, 0.717) is 10.9 Å². The maximum Gasteiger partial charge on any atom is 0.354 e. The molecular formula is C16H14N2O3. The summed E-state index contributed by atoms with van der Waals surface area (Å²) in [7, 11) is 3.25. The van der Waals surface area contributed by atoms with Gasteiger partial charge in [0.25, 0.3) is 0 Å². The summed E-state index contributed by atoms with van der Waals surface area (Å²) >= 11 is 0. The van der Waals surface area contributed by atoms with Crippen LogP contribution in [0.25, 0.3) is 22.0 Å². The second-order valence-electron chi connectivity index (χ2n) is 4.71. The molecule has 1 aromatic heterocycles. The molecule has 0 aliphatic heterocycles. The first-order valence-corrected chi connectivity index (χ1v) is 6.45. The molecule has 5 nitrogen and oxygen atoms in total. The molecule has 0 amide bonds. The Morgan fingerprint density at radius 2 is 2.00 bits per heavy atom. The van der Waals surface area contributed by atoms with Gasteiger partial charge < -0.3 is 9.84 Å². The highest BCUT2D eigenvalue weighted by molar-refractivity contribution is 6.05. The monoisotopic (exact) mass is 282 g/mol. The summed E-state index contributed by atoms with van der Waals surface area (Å²) < 4.78 is 6.64. The minimum absolute atomic E-state index is 0.190. The molecule has 3 rings (SSSR count). The van der Waals surface area contributed by atoms with Crippen molar-refractivity contribution in [3.8, 4) is 16.9 Å². The number of carboxylic acids is 1. The minimum atomic E-state index is -0.984. The van der Waals surface area contributed by atoms with Crippen LogP contribution in [0.15, 0.2) is 42.5 Å². The first-order chi connectivity index (χ1) is 10.1. The van der Waals surface area contributed by atoms with Crippen LogP contribution in [0, 0.1) is 0 Å². The Morgan fingerprint density at radius 1 is 1.24 bits per heavy atom. The molecule has 0 fully saturated rings. The molecule has 0 aliphatic rings. The van der Waals surface area contributed by atoms with Crippen molar-refractivity contribution in [2.24, 2.45) is 7.05 Å². The van der Waals surface area contributed by atoms with Crippen LogP contribution in [-0.2, 0) is 7.05 Å². The van der Waals surface area contributed by atoms with Gasteiger partial charge in [-0.3, -0.25) is 4.68 Å². The van der Waals surface area contributed by atoms with Crippen molar-refractivity contribution in [3.05, 3.63) is 48.2 Å². The lowest BCUT2D eigenvalue weighted by molar-refractivity contribution is 0.0687. The van der Waals surface area contributed by atoms with Gasteiger partial charge >= 0.3 is 5.97 Å². The fraction of sp³-hybridized carbons (Fsp3) is 0.125. The van der Waals surface area contributed by atoms with E-state index in [4.69, 9.17) is 4.74 Å². The molecule has 3 aromatic rings. The molecular weight excluding hydrogens is 268 g/mol. The summed E-state index contributed by atoms with van der Waals surface area (Å²) in [4.78, 5) is 11.4. The molecule has 2 aromatic carbocycles. The first kappa shape index (κ1) is 13.2. The van der Waals surface area contributed by atoms with E-state index in [1.54, 1.807) is 20.2 Å². The van der Waals surface area contributed by atoms with Crippen LogP contribution in [0.4, 0.5) is 0 Å². The Morgan fingerprint density at radius 3 is 2.71 bits per heavy atom. The Bertz CT molecular complexity index is 837. The van der Waals surface area contributed by atoms with Gasteiger partial charge in [0.2, 0.25) is 0 Å². The van der Waals surface area contributed by atoms with Crippen LogP contribution in [0.2, 0.25) is 0 Å². The van der Waals surface area contributed by atoms with Crippen molar-refractivity contribution in [1.29, 1.82) is 0 Å². The standard InChI is InChI=1S/C16H14N2O3/c1-18-15(16(19)20)13-8-4-7-12(14(13)17-18)10-5-3-6-11(9-10)21-2/h3-9H,1-2H3,(H,19,20). The number of rotatable bonds is 3. The maximum atomic E-state index is 11.4. The van der Waals surface area contributed by atoms with E-state index in [1.165, 1.54) is 4.68 Å². The molecule has 5 heteroatoms. The molecule has 0 spiro atoms. The fourth-order valence-corrected chi connectivity index (χ4v) is 2.49. The second kappa shape index (κ2) is 4.94.